The van der Waals surface area contributed by atoms with Gasteiger partial charge in [0.05, 0.1) is 16.8 Å². The van der Waals surface area contributed by atoms with Crippen molar-refractivity contribution >= 4 is 17.9 Å². The molecule has 13 nitrogen and oxygen atoms in total. The Bertz CT molecular complexity index is 728. The fourth-order valence-electron chi connectivity index (χ4n) is 3.62. The molecule has 0 bridgehead atoms. The van der Waals surface area contributed by atoms with E-state index >= 15 is 0 Å². The number of carbonyl (C=O) groups is 3. The molecule has 1 heterocycles. The van der Waals surface area contributed by atoms with Crippen LogP contribution < -0.4 is 5.43 Å². The summed E-state index contributed by atoms with van der Waals surface area (Å²) in [7, 11) is 0. The van der Waals surface area contributed by atoms with Gasteiger partial charge in [0.1, 0.15) is 0 Å². The molecule has 1 saturated heterocycles. The van der Waals surface area contributed by atoms with E-state index in [9.17, 15) is 29.7 Å². The molecule has 0 aliphatic carbocycles. The lowest BCUT2D eigenvalue weighted by Gasteiger charge is -2.40. The predicted molar refractivity (Wildman–Crippen MR) is 135 cm³/mol. The number of ether oxygens (including phenoxy) is 3. The first-order chi connectivity index (χ1) is 16.7. The van der Waals surface area contributed by atoms with Gasteiger partial charge in [0.2, 0.25) is 18.7 Å². The molecule has 3 atom stereocenters. The zero-order chi connectivity index (χ0) is 28.8. The van der Waals surface area contributed by atoms with Crippen molar-refractivity contribution < 1.29 is 43.9 Å². The van der Waals surface area contributed by atoms with E-state index in [1.807, 2.05) is 0 Å². The van der Waals surface area contributed by atoms with E-state index < -0.39 is 53.4 Å². The topological polar surface area (TPSA) is 161 Å². The van der Waals surface area contributed by atoms with E-state index in [4.69, 9.17) is 14.2 Å². The fraction of sp³-hybridized carbons (Fsp3) is 0.875. The van der Waals surface area contributed by atoms with Crippen LogP contribution >= 0.6 is 0 Å². The summed E-state index contributed by atoms with van der Waals surface area (Å²) in [5, 5.41) is 31.1. The molecule has 1 rings (SSSR count). The number of hydrogen-bond donors (Lipinski definition) is 4. The molecule has 1 fully saturated rings. The Kier molecular flexibility index (Phi) is 11.9. The van der Waals surface area contributed by atoms with E-state index in [1.54, 1.807) is 72.1 Å². The first-order valence-electron chi connectivity index (χ1n) is 12.4. The van der Waals surface area contributed by atoms with Gasteiger partial charge >= 0.3 is 17.9 Å². The second-order valence-corrected chi connectivity index (χ2v) is 11.9. The van der Waals surface area contributed by atoms with Crippen molar-refractivity contribution in [2.24, 2.45) is 0 Å². The normalized spacial score (nSPS) is 20.7. The fourth-order valence-corrected chi connectivity index (χ4v) is 3.62. The minimum atomic E-state index is -1.37. The molecule has 3 unspecified atom stereocenters. The number of rotatable bonds is 9. The number of aliphatic carboxylic acids is 3. The summed E-state index contributed by atoms with van der Waals surface area (Å²) in [5.74, 6) is -3.61. The summed E-state index contributed by atoms with van der Waals surface area (Å²) in [6, 6.07) is 0. The number of hydrogen-bond acceptors (Lipinski definition) is 10. The molecule has 0 saturated carbocycles. The SMILES string of the molecule is CC(C)(C)OC(C(=O)O)N1CCNN(C(OC(C)(C)C)C(=O)O)CCN(C(OC(C)(C)C)C(=O)O)CC1. The molecule has 37 heavy (non-hydrogen) atoms. The van der Waals surface area contributed by atoms with Gasteiger partial charge in [-0.15, -0.1) is 0 Å². The largest absolute Gasteiger partial charge is 0.478 e. The second-order valence-electron chi connectivity index (χ2n) is 11.9. The lowest BCUT2D eigenvalue weighted by atomic mass is 10.2. The quantitative estimate of drug-likeness (QED) is 0.333. The van der Waals surface area contributed by atoms with Crippen LogP contribution in [0.4, 0.5) is 0 Å². The number of nitrogens with one attached hydrogen (secondary N) is 1. The Morgan fingerprint density at radius 2 is 0.919 bits per heavy atom. The van der Waals surface area contributed by atoms with Crippen molar-refractivity contribution in [3.05, 3.63) is 0 Å². The van der Waals surface area contributed by atoms with Crippen LogP contribution in [0, 0.1) is 0 Å². The molecule has 1 aliphatic heterocycles. The Morgan fingerprint density at radius 3 is 1.27 bits per heavy atom. The van der Waals surface area contributed by atoms with Crippen molar-refractivity contribution in [2.45, 2.75) is 97.8 Å². The first kappa shape index (κ1) is 33.2. The molecule has 0 amide bonds. The van der Waals surface area contributed by atoms with E-state index in [0.29, 0.717) is 0 Å². The minimum absolute atomic E-state index is 0.100. The molecule has 0 aromatic rings. The second kappa shape index (κ2) is 13.3. The highest BCUT2D eigenvalue weighted by Gasteiger charge is 2.37. The van der Waals surface area contributed by atoms with Crippen LogP contribution in [-0.2, 0) is 28.6 Å². The molecule has 13 heteroatoms. The molecule has 0 radical (unpaired) electrons. The van der Waals surface area contributed by atoms with Crippen LogP contribution in [0.2, 0.25) is 0 Å². The smallest absolute Gasteiger partial charge is 0.349 e. The first-order valence-corrected chi connectivity index (χ1v) is 12.4. The number of hydrazine groups is 1. The molecule has 0 spiro atoms. The maximum absolute atomic E-state index is 12.2. The standard InChI is InChI=1S/C24H46N4O9/c1-22(2,3)35-16(19(29)30)26-11-10-25-28(18(21(33)34)37-24(7,8)9)15-14-27(13-12-26)17(20(31)32)36-23(4,5)6/h16-18,25H,10-15H2,1-9H3,(H,29,30)(H,31,32)(H,33,34). The summed E-state index contributed by atoms with van der Waals surface area (Å²) in [4.78, 5) is 39.6. The predicted octanol–water partition coefficient (Wildman–Crippen LogP) is 1.09. The average Bonchev–Trinajstić information content (AvgIpc) is 2.69. The van der Waals surface area contributed by atoms with Crippen LogP contribution in [0.5, 0.6) is 0 Å². The Labute approximate surface area is 219 Å². The van der Waals surface area contributed by atoms with Gasteiger partial charge in [-0.25, -0.2) is 19.4 Å². The highest BCUT2D eigenvalue weighted by Crippen LogP contribution is 2.19. The third kappa shape index (κ3) is 12.5. The van der Waals surface area contributed by atoms with E-state index in [1.165, 1.54) is 5.01 Å². The van der Waals surface area contributed by atoms with Crippen LogP contribution in [-0.4, -0.2) is 123 Å². The molecule has 0 aromatic heterocycles. The molecular weight excluding hydrogens is 488 g/mol. The Morgan fingerprint density at radius 1 is 0.595 bits per heavy atom. The van der Waals surface area contributed by atoms with Crippen LogP contribution in [0.1, 0.15) is 62.3 Å². The molecule has 1 aliphatic rings. The van der Waals surface area contributed by atoms with Crippen LogP contribution in [0.3, 0.4) is 0 Å². The minimum Gasteiger partial charge on any atom is -0.478 e. The van der Waals surface area contributed by atoms with Crippen LogP contribution in [0.15, 0.2) is 0 Å². The van der Waals surface area contributed by atoms with E-state index in [0.717, 1.165) is 0 Å². The monoisotopic (exact) mass is 534 g/mol. The Hall–Kier alpha value is -1.87. The zero-order valence-corrected chi connectivity index (χ0v) is 23.6. The van der Waals surface area contributed by atoms with Crippen molar-refractivity contribution in [1.82, 2.24) is 20.2 Å². The van der Waals surface area contributed by atoms with Gasteiger partial charge < -0.3 is 29.5 Å². The molecule has 4 N–H and O–H groups in total. The zero-order valence-electron chi connectivity index (χ0n) is 23.6. The number of carboxylic acids is 3. The van der Waals surface area contributed by atoms with Gasteiger partial charge in [-0.05, 0) is 62.3 Å². The van der Waals surface area contributed by atoms with Gasteiger partial charge in [0.15, 0.2) is 0 Å². The summed E-state index contributed by atoms with van der Waals surface area (Å²) in [6.45, 7) is 16.5. The summed E-state index contributed by atoms with van der Waals surface area (Å²) in [6.07, 6.45) is -4.02. The average molecular weight is 535 g/mol. The summed E-state index contributed by atoms with van der Waals surface area (Å²) < 4.78 is 17.4. The highest BCUT2D eigenvalue weighted by atomic mass is 16.6. The lowest BCUT2D eigenvalue weighted by Crippen LogP contribution is -2.60. The summed E-state index contributed by atoms with van der Waals surface area (Å²) >= 11 is 0. The molecule has 0 aromatic carbocycles. The van der Waals surface area contributed by atoms with Crippen molar-refractivity contribution in [3.63, 3.8) is 0 Å². The maximum Gasteiger partial charge on any atom is 0.349 e. The van der Waals surface area contributed by atoms with Gasteiger partial charge in [-0.3, -0.25) is 15.2 Å². The number of carboxylic acid groups (broad SMARTS) is 3. The van der Waals surface area contributed by atoms with Gasteiger partial charge in [0, 0.05) is 39.3 Å². The van der Waals surface area contributed by atoms with E-state index in [2.05, 4.69) is 5.43 Å². The molecular formula is C24H46N4O9. The van der Waals surface area contributed by atoms with Gasteiger partial charge in [-0.2, -0.15) is 0 Å². The summed E-state index contributed by atoms with van der Waals surface area (Å²) in [5.41, 5.74) is 0.719. The van der Waals surface area contributed by atoms with Crippen molar-refractivity contribution in [1.29, 1.82) is 0 Å². The maximum atomic E-state index is 12.2. The van der Waals surface area contributed by atoms with Gasteiger partial charge in [-0.1, -0.05) is 0 Å². The highest BCUT2D eigenvalue weighted by molar-refractivity contribution is 5.72. The number of nitrogens with zero attached hydrogens (tertiary/aromatic N) is 3. The van der Waals surface area contributed by atoms with Crippen molar-refractivity contribution in [3.8, 4) is 0 Å². The van der Waals surface area contributed by atoms with E-state index in [-0.39, 0.29) is 39.3 Å². The van der Waals surface area contributed by atoms with Crippen molar-refractivity contribution in [2.75, 3.05) is 39.3 Å². The lowest BCUT2D eigenvalue weighted by molar-refractivity contribution is -0.199. The van der Waals surface area contributed by atoms with Gasteiger partial charge in [0.25, 0.3) is 0 Å². The Balaban J connectivity index is 3.40. The van der Waals surface area contributed by atoms with Crippen LogP contribution in [0.25, 0.3) is 0 Å². The molecule has 216 valence electrons. The third-order valence-corrected chi connectivity index (χ3v) is 4.99. The third-order valence-electron chi connectivity index (χ3n) is 4.99.